The monoisotopic (exact) mass is 426 g/mol. The van der Waals surface area contributed by atoms with Gasteiger partial charge in [0.25, 0.3) is 5.56 Å². The number of nitrogens with zero attached hydrogens (tertiary/aromatic N) is 4. The molecule has 0 atom stereocenters. The van der Waals surface area contributed by atoms with Crippen molar-refractivity contribution in [1.82, 2.24) is 19.5 Å². The lowest BCUT2D eigenvalue weighted by molar-refractivity contribution is -0.145. The molecule has 4 rings (SSSR count). The Hall–Kier alpha value is -2.91. The zero-order chi connectivity index (χ0) is 20.4. The number of fused-ring (bicyclic) bond motifs is 1. The van der Waals surface area contributed by atoms with Crippen LogP contribution in [0.4, 0.5) is 0 Å². The molecule has 0 saturated carbocycles. The summed E-state index contributed by atoms with van der Waals surface area (Å²) in [5, 5.41) is 3.26. The van der Waals surface area contributed by atoms with Gasteiger partial charge in [-0.15, -0.1) is 22.7 Å². The molecule has 0 fully saturated rings. The quantitative estimate of drug-likeness (QED) is 0.437. The van der Waals surface area contributed by atoms with Crippen molar-refractivity contribution in [3.05, 3.63) is 62.6 Å². The molecule has 148 valence electrons. The molecule has 4 aromatic heterocycles. The topological polar surface area (TPSA) is 87.0 Å². The normalized spacial score (nSPS) is 11.1. The molecule has 0 aliphatic rings. The molecule has 0 aliphatic carbocycles. The molecule has 29 heavy (non-hydrogen) atoms. The van der Waals surface area contributed by atoms with E-state index in [1.165, 1.54) is 33.6 Å². The Morgan fingerprint density at radius 2 is 2.10 bits per heavy atom. The molecule has 0 amide bonds. The minimum absolute atomic E-state index is 0.0898. The molecule has 9 heteroatoms. The van der Waals surface area contributed by atoms with Crippen molar-refractivity contribution in [3.63, 3.8) is 0 Å². The number of aromatic nitrogens is 4. The third-order valence-electron chi connectivity index (χ3n) is 4.53. The third kappa shape index (κ3) is 4.10. The lowest BCUT2D eigenvalue weighted by atomic mass is 10.2. The molecule has 0 N–H and O–H groups in total. The number of hydrogen-bond donors (Lipinski definition) is 0. The van der Waals surface area contributed by atoms with E-state index in [4.69, 9.17) is 4.74 Å². The van der Waals surface area contributed by atoms with Crippen LogP contribution in [0.3, 0.4) is 0 Å². The lowest BCUT2D eigenvalue weighted by Gasteiger charge is -2.06. The standard InChI is InChI=1S/C20H18N4O3S2/c1-12-13(2)29-19-17(12)20(26)24(11-22-19)8-6-16(25)27-9-14-10-28-18(23-14)15-5-3-4-7-21-15/h3-5,7,10-11H,6,8-9H2,1-2H3. The van der Waals surface area contributed by atoms with Crippen molar-refractivity contribution in [2.24, 2.45) is 0 Å². The van der Waals surface area contributed by atoms with Crippen LogP contribution in [-0.4, -0.2) is 25.5 Å². The second-order valence-corrected chi connectivity index (χ2v) is 8.54. The van der Waals surface area contributed by atoms with Crippen molar-refractivity contribution in [3.8, 4) is 10.7 Å². The van der Waals surface area contributed by atoms with Gasteiger partial charge in [0, 0.05) is 23.0 Å². The molecule has 0 saturated heterocycles. The Morgan fingerprint density at radius 3 is 2.90 bits per heavy atom. The van der Waals surface area contributed by atoms with Crippen molar-refractivity contribution < 1.29 is 9.53 Å². The van der Waals surface area contributed by atoms with Gasteiger partial charge in [0.05, 0.1) is 29.5 Å². The van der Waals surface area contributed by atoms with Crippen LogP contribution in [0.5, 0.6) is 0 Å². The number of carbonyl (C=O) groups is 1. The number of thiophene rings is 1. The van der Waals surface area contributed by atoms with E-state index in [0.29, 0.717) is 11.1 Å². The first-order valence-electron chi connectivity index (χ1n) is 8.99. The number of carbonyl (C=O) groups excluding carboxylic acids is 1. The molecule has 7 nitrogen and oxygen atoms in total. The van der Waals surface area contributed by atoms with Crippen LogP contribution in [-0.2, 0) is 22.7 Å². The van der Waals surface area contributed by atoms with E-state index >= 15 is 0 Å². The van der Waals surface area contributed by atoms with Crippen molar-refractivity contribution >= 4 is 38.9 Å². The zero-order valence-corrected chi connectivity index (χ0v) is 17.5. The van der Waals surface area contributed by atoms with E-state index in [-0.39, 0.29) is 31.1 Å². The molecule has 0 unspecified atom stereocenters. The predicted molar refractivity (Wildman–Crippen MR) is 113 cm³/mol. The predicted octanol–water partition coefficient (Wildman–Crippen LogP) is 3.73. The Bertz CT molecular complexity index is 1230. The summed E-state index contributed by atoms with van der Waals surface area (Å²) in [7, 11) is 0. The van der Waals surface area contributed by atoms with Crippen LogP contribution >= 0.6 is 22.7 Å². The number of thiazole rings is 1. The molecule has 4 aromatic rings. The molecule has 0 aliphatic heterocycles. The second-order valence-electron chi connectivity index (χ2n) is 6.48. The minimum atomic E-state index is -0.386. The first kappa shape index (κ1) is 19.4. The lowest BCUT2D eigenvalue weighted by Crippen LogP contribution is -2.22. The van der Waals surface area contributed by atoms with Crippen molar-refractivity contribution in [1.29, 1.82) is 0 Å². The van der Waals surface area contributed by atoms with Gasteiger partial charge in [-0.3, -0.25) is 19.1 Å². The van der Waals surface area contributed by atoms with Gasteiger partial charge in [-0.05, 0) is 31.5 Å². The molecular weight excluding hydrogens is 408 g/mol. The van der Waals surface area contributed by atoms with Gasteiger partial charge in [0.1, 0.15) is 16.4 Å². The summed E-state index contributed by atoms with van der Waals surface area (Å²) in [5.41, 5.74) is 2.29. The van der Waals surface area contributed by atoms with Crippen LogP contribution in [0, 0.1) is 13.8 Å². The molecule has 4 heterocycles. The van der Waals surface area contributed by atoms with Crippen molar-refractivity contribution in [2.45, 2.75) is 33.4 Å². The second kappa shape index (κ2) is 8.22. The van der Waals surface area contributed by atoms with Gasteiger partial charge < -0.3 is 4.74 Å². The summed E-state index contributed by atoms with van der Waals surface area (Å²) in [6.07, 6.45) is 3.29. The average molecular weight is 427 g/mol. The first-order chi connectivity index (χ1) is 14.0. The maximum Gasteiger partial charge on any atom is 0.307 e. The summed E-state index contributed by atoms with van der Waals surface area (Å²) < 4.78 is 6.77. The van der Waals surface area contributed by atoms with E-state index in [1.54, 1.807) is 6.20 Å². The van der Waals surface area contributed by atoms with Gasteiger partial charge in [0.15, 0.2) is 0 Å². The molecular formula is C20H18N4O3S2. The number of hydrogen-bond acceptors (Lipinski definition) is 8. The fourth-order valence-electron chi connectivity index (χ4n) is 2.85. The Balaban J connectivity index is 1.36. The van der Waals surface area contributed by atoms with Gasteiger partial charge in [-0.25, -0.2) is 9.97 Å². The number of pyridine rings is 1. The number of aryl methyl sites for hydroxylation is 3. The number of esters is 1. The molecule has 0 radical (unpaired) electrons. The van der Waals surface area contributed by atoms with Gasteiger partial charge in [-0.2, -0.15) is 0 Å². The Kier molecular flexibility index (Phi) is 5.50. The minimum Gasteiger partial charge on any atom is -0.459 e. The largest absolute Gasteiger partial charge is 0.459 e. The highest BCUT2D eigenvalue weighted by atomic mass is 32.1. The fourth-order valence-corrected chi connectivity index (χ4v) is 4.62. The van der Waals surface area contributed by atoms with E-state index in [9.17, 15) is 9.59 Å². The van der Waals surface area contributed by atoms with Crippen molar-refractivity contribution in [2.75, 3.05) is 0 Å². The smallest absolute Gasteiger partial charge is 0.307 e. The maximum absolute atomic E-state index is 12.7. The Labute approximate surface area is 174 Å². The summed E-state index contributed by atoms with van der Waals surface area (Å²) in [6, 6.07) is 5.63. The third-order valence-corrected chi connectivity index (χ3v) is 6.56. The van der Waals surface area contributed by atoms with Crippen LogP contribution in [0.2, 0.25) is 0 Å². The highest BCUT2D eigenvalue weighted by Gasteiger charge is 2.13. The van der Waals surface area contributed by atoms with Crippen LogP contribution in [0.1, 0.15) is 22.6 Å². The van der Waals surface area contributed by atoms with Crippen LogP contribution < -0.4 is 5.56 Å². The molecule has 0 bridgehead atoms. The van der Waals surface area contributed by atoms with Crippen LogP contribution in [0.25, 0.3) is 20.9 Å². The van der Waals surface area contributed by atoms with E-state index in [1.807, 2.05) is 37.4 Å². The SMILES string of the molecule is Cc1sc2ncn(CCC(=O)OCc3csc(-c4ccccn4)n3)c(=O)c2c1C. The summed E-state index contributed by atoms with van der Waals surface area (Å²) in [4.78, 5) is 39.6. The van der Waals surface area contributed by atoms with Gasteiger partial charge in [0.2, 0.25) is 0 Å². The zero-order valence-electron chi connectivity index (χ0n) is 15.9. The molecule has 0 aromatic carbocycles. The number of rotatable bonds is 6. The van der Waals surface area contributed by atoms with Gasteiger partial charge in [-0.1, -0.05) is 6.07 Å². The maximum atomic E-state index is 12.7. The first-order valence-corrected chi connectivity index (χ1v) is 10.7. The van der Waals surface area contributed by atoms with E-state index in [0.717, 1.165) is 26.0 Å². The summed E-state index contributed by atoms with van der Waals surface area (Å²) in [5.74, 6) is -0.386. The average Bonchev–Trinajstić information content (AvgIpc) is 3.32. The number of ether oxygens (including phenoxy) is 1. The van der Waals surface area contributed by atoms with Gasteiger partial charge >= 0.3 is 5.97 Å². The summed E-state index contributed by atoms with van der Waals surface area (Å²) >= 11 is 2.96. The highest BCUT2D eigenvalue weighted by Crippen LogP contribution is 2.25. The van der Waals surface area contributed by atoms with E-state index in [2.05, 4.69) is 15.0 Å². The van der Waals surface area contributed by atoms with Crippen LogP contribution in [0.15, 0.2) is 40.9 Å². The Morgan fingerprint density at radius 1 is 1.24 bits per heavy atom. The van der Waals surface area contributed by atoms with E-state index < -0.39 is 0 Å². The summed E-state index contributed by atoms with van der Waals surface area (Å²) in [6.45, 7) is 4.21. The fraction of sp³-hybridized carbons (Fsp3) is 0.250. The highest BCUT2D eigenvalue weighted by molar-refractivity contribution is 7.18. The molecule has 0 spiro atoms.